The van der Waals surface area contributed by atoms with Gasteiger partial charge in [0.25, 0.3) is 0 Å². The lowest BCUT2D eigenvalue weighted by Crippen LogP contribution is -2.12. The first-order valence-electron chi connectivity index (χ1n) is 2.88. The van der Waals surface area contributed by atoms with Gasteiger partial charge in [-0.15, -0.1) is 0 Å². The molecule has 0 aliphatic heterocycles. The lowest BCUT2D eigenvalue weighted by atomic mass is 10.4. The van der Waals surface area contributed by atoms with Crippen molar-refractivity contribution in [2.75, 3.05) is 0 Å². The molecule has 0 aliphatic carbocycles. The lowest BCUT2D eigenvalue weighted by Gasteiger charge is -1.95. The van der Waals surface area contributed by atoms with Gasteiger partial charge in [0, 0.05) is 6.20 Å². The molecule has 0 aromatic carbocycles. The van der Waals surface area contributed by atoms with Gasteiger partial charge in [-0.25, -0.2) is 15.0 Å². The Bertz CT molecular complexity index is 293. The molecule has 3 N–H and O–H groups in total. The molecule has 0 atom stereocenters. The number of nitrogens with zero attached hydrogens (tertiary/aromatic N) is 3. The van der Waals surface area contributed by atoms with Crippen LogP contribution in [0.3, 0.4) is 0 Å². The summed E-state index contributed by atoms with van der Waals surface area (Å²) in [5.74, 6) is 0.134. The highest BCUT2D eigenvalue weighted by atomic mass is 15.0. The molecule has 0 aliphatic rings. The van der Waals surface area contributed by atoms with Crippen LogP contribution < -0.4 is 5.73 Å². The third-order valence-electron chi connectivity index (χ3n) is 1.06. The highest BCUT2D eigenvalue weighted by molar-refractivity contribution is 5.93. The van der Waals surface area contributed by atoms with Crippen molar-refractivity contribution in [1.29, 1.82) is 5.41 Å². The second-order valence-corrected chi connectivity index (χ2v) is 1.81. The summed E-state index contributed by atoms with van der Waals surface area (Å²) in [6.07, 6.45) is 1.48. The Balaban J connectivity index is 3.10. The maximum atomic E-state index is 7.03. The molecule has 0 unspecified atom stereocenters. The highest BCUT2D eigenvalue weighted by Gasteiger charge is 1.98. The van der Waals surface area contributed by atoms with E-state index in [0.29, 0.717) is 5.69 Å². The highest BCUT2D eigenvalue weighted by Crippen LogP contribution is 2.01. The molecule has 5 heteroatoms. The number of aromatic nitrogens is 2. The molecule has 0 radical (unpaired) electrons. The SMILES string of the molecule is C=Nc1nccc(C(=N)N)n1. The standard InChI is InChI=1S/C6H7N5/c1-9-6-10-3-2-4(11-6)5(7)8/h2-3H,1H2,(H3,7,8). The molecule has 1 rings (SSSR count). The number of hydrogen-bond donors (Lipinski definition) is 2. The maximum Gasteiger partial charge on any atom is 0.249 e. The third-order valence-corrected chi connectivity index (χ3v) is 1.06. The van der Waals surface area contributed by atoms with E-state index >= 15 is 0 Å². The summed E-state index contributed by atoms with van der Waals surface area (Å²) >= 11 is 0. The van der Waals surface area contributed by atoms with Gasteiger partial charge < -0.3 is 5.73 Å². The molecule has 0 spiro atoms. The molecule has 56 valence electrons. The summed E-state index contributed by atoms with van der Waals surface area (Å²) in [5, 5.41) is 7.03. The summed E-state index contributed by atoms with van der Waals surface area (Å²) in [7, 11) is 0. The fourth-order valence-corrected chi connectivity index (χ4v) is 0.575. The average Bonchev–Trinajstić information content (AvgIpc) is 2.05. The molecular formula is C6H7N5. The molecule has 0 bridgehead atoms. The first-order chi connectivity index (χ1) is 5.24. The van der Waals surface area contributed by atoms with Crippen LogP contribution in [0.4, 0.5) is 5.95 Å². The Hall–Kier alpha value is -1.78. The van der Waals surface area contributed by atoms with Gasteiger partial charge in [0.1, 0.15) is 11.5 Å². The zero-order valence-electron chi connectivity index (χ0n) is 5.78. The fourth-order valence-electron chi connectivity index (χ4n) is 0.575. The van der Waals surface area contributed by atoms with Gasteiger partial charge in [-0.05, 0) is 12.8 Å². The smallest absolute Gasteiger partial charge is 0.249 e. The van der Waals surface area contributed by atoms with Crippen molar-refractivity contribution >= 4 is 18.5 Å². The lowest BCUT2D eigenvalue weighted by molar-refractivity contribution is 1.12. The van der Waals surface area contributed by atoms with Crippen LogP contribution in [0.1, 0.15) is 5.69 Å². The topological polar surface area (TPSA) is 88.0 Å². The molecule has 0 amide bonds. The number of nitrogens with two attached hydrogens (primary N) is 1. The summed E-state index contributed by atoms with van der Waals surface area (Å²) in [6.45, 7) is 3.25. The van der Waals surface area contributed by atoms with Crippen LogP contribution in [0.15, 0.2) is 17.3 Å². The molecular weight excluding hydrogens is 142 g/mol. The minimum Gasteiger partial charge on any atom is -0.382 e. The van der Waals surface area contributed by atoms with Gasteiger partial charge in [-0.2, -0.15) is 0 Å². The van der Waals surface area contributed by atoms with Crippen molar-refractivity contribution in [3.8, 4) is 0 Å². The maximum absolute atomic E-state index is 7.03. The van der Waals surface area contributed by atoms with Crippen LogP contribution in [0, 0.1) is 5.41 Å². The van der Waals surface area contributed by atoms with Gasteiger partial charge >= 0.3 is 0 Å². The molecule has 1 aromatic heterocycles. The molecule has 5 nitrogen and oxygen atoms in total. The van der Waals surface area contributed by atoms with Crippen molar-refractivity contribution in [2.45, 2.75) is 0 Å². The minimum absolute atomic E-state index is 0.0997. The predicted octanol–water partition coefficient (Wildman–Crippen LogP) is 0.0928. The summed E-state index contributed by atoms with van der Waals surface area (Å²) in [4.78, 5) is 11.0. The van der Waals surface area contributed by atoms with Crippen LogP contribution in [0.2, 0.25) is 0 Å². The largest absolute Gasteiger partial charge is 0.382 e. The Morgan fingerprint density at radius 2 is 2.45 bits per heavy atom. The van der Waals surface area contributed by atoms with Gasteiger partial charge in [0.2, 0.25) is 5.95 Å². The number of amidine groups is 1. The monoisotopic (exact) mass is 149 g/mol. The summed E-state index contributed by atoms with van der Waals surface area (Å²) in [5.41, 5.74) is 5.53. The van der Waals surface area contributed by atoms with Gasteiger partial charge in [-0.3, -0.25) is 5.41 Å². The quantitative estimate of drug-likeness (QED) is 0.461. The molecule has 1 heterocycles. The van der Waals surface area contributed by atoms with E-state index in [1.807, 2.05) is 0 Å². The van der Waals surface area contributed by atoms with Crippen molar-refractivity contribution in [3.63, 3.8) is 0 Å². The number of nitrogen functional groups attached to an aromatic ring is 1. The molecule has 1 aromatic rings. The van der Waals surface area contributed by atoms with Crippen LogP contribution in [-0.2, 0) is 0 Å². The second kappa shape index (κ2) is 2.87. The Morgan fingerprint density at radius 1 is 1.73 bits per heavy atom. The Kier molecular flexibility index (Phi) is 1.91. The molecule has 11 heavy (non-hydrogen) atoms. The average molecular weight is 149 g/mol. The van der Waals surface area contributed by atoms with E-state index in [1.165, 1.54) is 12.3 Å². The first-order valence-corrected chi connectivity index (χ1v) is 2.88. The normalized spacial score (nSPS) is 9.09. The zero-order chi connectivity index (χ0) is 8.27. The number of hydrogen-bond acceptors (Lipinski definition) is 4. The predicted molar refractivity (Wildman–Crippen MR) is 42.3 cm³/mol. The second-order valence-electron chi connectivity index (χ2n) is 1.81. The van der Waals surface area contributed by atoms with Crippen LogP contribution in [0.25, 0.3) is 0 Å². The fraction of sp³-hybridized carbons (Fsp3) is 0. The van der Waals surface area contributed by atoms with Crippen LogP contribution in [-0.4, -0.2) is 22.5 Å². The summed E-state index contributed by atoms with van der Waals surface area (Å²) < 4.78 is 0. The van der Waals surface area contributed by atoms with Crippen molar-refractivity contribution in [3.05, 3.63) is 18.0 Å². The van der Waals surface area contributed by atoms with E-state index < -0.39 is 0 Å². The van der Waals surface area contributed by atoms with Crippen molar-refractivity contribution < 1.29 is 0 Å². The van der Waals surface area contributed by atoms with E-state index in [0.717, 1.165) is 0 Å². The number of nitrogens with one attached hydrogen (secondary N) is 1. The molecule has 0 fully saturated rings. The van der Waals surface area contributed by atoms with E-state index in [1.54, 1.807) is 0 Å². The van der Waals surface area contributed by atoms with Crippen LogP contribution in [0.5, 0.6) is 0 Å². The zero-order valence-corrected chi connectivity index (χ0v) is 5.78. The van der Waals surface area contributed by atoms with Gasteiger partial charge in [-0.1, -0.05) is 0 Å². The van der Waals surface area contributed by atoms with E-state index in [9.17, 15) is 0 Å². The molecule has 0 saturated carbocycles. The van der Waals surface area contributed by atoms with Gasteiger partial charge in [0.05, 0.1) is 0 Å². The van der Waals surface area contributed by atoms with Gasteiger partial charge in [0.15, 0.2) is 0 Å². The third kappa shape index (κ3) is 1.57. The molecule has 0 saturated heterocycles. The summed E-state index contributed by atoms with van der Waals surface area (Å²) in [6, 6.07) is 1.54. The Morgan fingerprint density at radius 3 is 3.00 bits per heavy atom. The number of aliphatic imine (C=N–C) groups is 1. The van der Waals surface area contributed by atoms with Crippen molar-refractivity contribution in [1.82, 2.24) is 9.97 Å². The minimum atomic E-state index is -0.0997. The van der Waals surface area contributed by atoms with Crippen molar-refractivity contribution in [2.24, 2.45) is 10.7 Å². The Labute approximate surface area is 63.5 Å². The van der Waals surface area contributed by atoms with Crippen LogP contribution >= 0.6 is 0 Å². The van der Waals surface area contributed by atoms with E-state index in [-0.39, 0.29) is 11.8 Å². The van der Waals surface area contributed by atoms with E-state index in [4.69, 9.17) is 11.1 Å². The number of rotatable bonds is 2. The first kappa shape index (κ1) is 7.33. The van der Waals surface area contributed by atoms with E-state index in [2.05, 4.69) is 21.7 Å².